The van der Waals surface area contributed by atoms with Crippen LogP contribution in [0.2, 0.25) is 0 Å². The van der Waals surface area contributed by atoms with Crippen LogP contribution in [-0.4, -0.2) is 46.4 Å². The first kappa shape index (κ1) is 20.0. The molecule has 2 atom stereocenters. The zero-order chi connectivity index (χ0) is 20.1. The number of anilines is 3. The Hall–Kier alpha value is -2.78. The van der Waals surface area contributed by atoms with Gasteiger partial charge in [0.25, 0.3) is 5.91 Å². The molecule has 1 fully saturated rings. The highest BCUT2D eigenvalue weighted by atomic mass is 16.5. The van der Waals surface area contributed by atoms with Gasteiger partial charge in [-0.1, -0.05) is 13.3 Å². The molecule has 2 aromatic rings. The van der Waals surface area contributed by atoms with Crippen LogP contribution >= 0.6 is 0 Å². The summed E-state index contributed by atoms with van der Waals surface area (Å²) in [5.74, 6) is 0.481. The molecule has 1 aliphatic rings. The molecule has 2 aromatic heterocycles. The lowest BCUT2D eigenvalue weighted by Crippen LogP contribution is -2.47. The highest BCUT2D eigenvalue weighted by molar-refractivity contribution is 5.97. The van der Waals surface area contributed by atoms with Gasteiger partial charge in [0, 0.05) is 30.5 Å². The zero-order valence-electron chi connectivity index (χ0n) is 16.2. The van der Waals surface area contributed by atoms with Crippen molar-refractivity contribution in [1.29, 1.82) is 0 Å². The van der Waals surface area contributed by atoms with Crippen LogP contribution in [0.25, 0.3) is 0 Å². The van der Waals surface area contributed by atoms with E-state index in [1.165, 1.54) is 0 Å². The summed E-state index contributed by atoms with van der Waals surface area (Å²) in [5, 5.41) is 14.5. The van der Waals surface area contributed by atoms with E-state index < -0.39 is 5.91 Å². The topological polar surface area (TPSA) is 141 Å². The van der Waals surface area contributed by atoms with Crippen LogP contribution in [0.1, 0.15) is 41.5 Å². The predicted molar refractivity (Wildman–Crippen MR) is 108 cm³/mol. The summed E-state index contributed by atoms with van der Waals surface area (Å²) >= 11 is 0. The van der Waals surface area contributed by atoms with E-state index in [1.54, 1.807) is 6.07 Å². The van der Waals surface area contributed by atoms with Gasteiger partial charge in [-0.05, 0) is 37.5 Å². The Morgan fingerprint density at radius 1 is 1.29 bits per heavy atom. The van der Waals surface area contributed by atoms with Gasteiger partial charge in [0.2, 0.25) is 0 Å². The van der Waals surface area contributed by atoms with Crippen molar-refractivity contribution in [2.75, 3.05) is 23.8 Å². The summed E-state index contributed by atoms with van der Waals surface area (Å²) in [6.45, 7) is 5.24. The van der Waals surface area contributed by atoms with Gasteiger partial charge < -0.3 is 26.8 Å². The summed E-state index contributed by atoms with van der Waals surface area (Å²) in [7, 11) is 0. The van der Waals surface area contributed by atoms with Gasteiger partial charge in [0.15, 0.2) is 11.5 Å². The van der Waals surface area contributed by atoms with E-state index in [0.717, 1.165) is 30.5 Å². The molecular weight excluding hydrogens is 358 g/mol. The summed E-state index contributed by atoms with van der Waals surface area (Å²) in [5.41, 5.74) is 14.1. The van der Waals surface area contributed by atoms with Crippen LogP contribution in [0, 0.1) is 6.92 Å². The smallest absolute Gasteiger partial charge is 0.271 e. The largest absolute Gasteiger partial charge is 0.380 e. The molecule has 1 saturated heterocycles. The second-order valence-corrected chi connectivity index (χ2v) is 7.03. The molecule has 3 heterocycles. The number of aryl methyl sites for hydroxylation is 2. The lowest BCUT2D eigenvalue weighted by Gasteiger charge is -2.29. The van der Waals surface area contributed by atoms with Crippen LogP contribution in [-0.2, 0) is 11.2 Å². The average Bonchev–Trinajstić information content (AvgIpc) is 2.63. The Morgan fingerprint density at radius 3 is 2.82 bits per heavy atom. The number of nitrogens with zero attached hydrogens (tertiary/aromatic N) is 3. The van der Waals surface area contributed by atoms with Crippen molar-refractivity contribution in [2.45, 2.75) is 45.2 Å². The van der Waals surface area contributed by atoms with Crippen LogP contribution in [0.4, 0.5) is 17.3 Å². The van der Waals surface area contributed by atoms with Crippen molar-refractivity contribution in [3.05, 3.63) is 35.2 Å². The fourth-order valence-electron chi connectivity index (χ4n) is 3.19. The second kappa shape index (κ2) is 8.94. The van der Waals surface area contributed by atoms with E-state index >= 15 is 0 Å². The molecule has 1 aliphatic heterocycles. The average molecular weight is 385 g/mol. The van der Waals surface area contributed by atoms with Crippen LogP contribution in [0.5, 0.6) is 0 Å². The molecule has 28 heavy (non-hydrogen) atoms. The molecule has 0 aromatic carbocycles. The number of hydrogen-bond donors (Lipinski definition) is 4. The van der Waals surface area contributed by atoms with E-state index in [2.05, 4.69) is 32.7 Å². The fraction of sp³-hybridized carbons (Fsp3) is 0.474. The minimum Gasteiger partial charge on any atom is -0.380 e. The molecule has 6 N–H and O–H groups in total. The summed E-state index contributed by atoms with van der Waals surface area (Å²) in [4.78, 5) is 16.4. The number of amides is 1. The number of rotatable bonds is 7. The van der Waals surface area contributed by atoms with Crippen LogP contribution < -0.4 is 22.1 Å². The first-order chi connectivity index (χ1) is 13.5. The molecule has 0 spiro atoms. The van der Waals surface area contributed by atoms with Crippen molar-refractivity contribution in [2.24, 2.45) is 11.5 Å². The van der Waals surface area contributed by atoms with Gasteiger partial charge in [-0.15, -0.1) is 10.2 Å². The Labute approximate surface area is 164 Å². The number of ether oxygens (including phenoxy) is 1. The highest BCUT2D eigenvalue weighted by Gasteiger charge is 2.23. The second-order valence-electron chi connectivity index (χ2n) is 7.03. The minimum atomic E-state index is -0.661. The molecule has 1 unspecified atom stereocenters. The third kappa shape index (κ3) is 4.93. The first-order valence-corrected chi connectivity index (χ1v) is 9.48. The molecule has 150 valence electrons. The maximum absolute atomic E-state index is 11.8. The summed E-state index contributed by atoms with van der Waals surface area (Å²) in [6, 6.07) is 5.54. The maximum atomic E-state index is 11.8. The Morgan fingerprint density at radius 2 is 2.11 bits per heavy atom. The third-order valence-electron chi connectivity index (χ3n) is 4.55. The third-order valence-corrected chi connectivity index (χ3v) is 4.55. The standard InChI is InChI=1S/C19H27N7O2/c1-3-4-12-7-11(2)8-16(22-12)24-15-9-17(25-26-18(15)19(21)27)23-14-5-6-28-10-13(14)20/h7-9,13-14H,3-6,10,20H2,1-2H3,(H2,21,27)(H2,22,23,24,25)/t13?,14-/m1/s1. The van der Waals surface area contributed by atoms with Crippen molar-refractivity contribution in [3.63, 3.8) is 0 Å². The molecule has 0 saturated carbocycles. The van der Waals surface area contributed by atoms with Gasteiger partial charge in [0.05, 0.1) is 12.3 Å². The fourth-order valence-corrected chi connectivity index (χ4v) is 3.19. The minimum absolute atomic E-state index is 0.0172. The van der Waals surface area contributed by atoms with E-state index in [9.17, 15) is 4.79 Å². The number of nitrogens with one attached hydrogen (secondary N) is 2. The van der Waals surface area contributed by atoms with E-state index in [-0.39, 0.29) is 17.8 Å². The Bertz CT molecular complexity index is 843. The zero-order valence-corrected chi connectivity index (χ0v) is 16.2. The molecule has 0 bridgehead atoms. The SMILES string of the molecule is CCCc1cc(C)cc(Nc2cc(N[C@@H]3CCOCC3N)nnc2C(N)=O)n1. The molecule has 3 rings (SSSR count). The summed E-state index contributed by atoms with van der Waals surface area (Å²) in [6.07, 6.45) is 2.64. The molecular formula is C19H27N7O2. The normalized spacial score (nSPS) is 19.2. The van der Waals surface area contributed by atoms with Gasteiger partial charge >= 0.3 is 0 Å². The van der Waals surface area contributed by atoms with Crippen molar-refractivity contribution < 1.29 is 9.53 Å². The van der Waals surface area contributed by atoms with Gasteiger partial charge in [-0.3, -0.25) is 4.79 Å². The number of nitrogens with two attached hydrogens (primary N) is 2. The lowest BCUT2D eigenvalue weighted by molar-refractivity contribution is 0.0751. The van der Waals surface area contributed by atoms with Gasteiger partial charge in [-0.25, -0.2) is 4.98 Å². The van der Waals surface area contributed by atoms with Gasteiger partial charge in [-0.2, -0.15) is 0 Å². The number of pyridine rings is 1. The van der Waals surface area contributed by atoms with Crippen LogP contribution in [0.3, 0.4) is 0 Å². The Balaban J connectivity index is 1.87. The van der Waals surface area contributed by atoms with E-state index in [1.807, 2.05) is 19.1 Å². The monoisotopic (exact) mass is 385 g/mol. The summed E-state index contributed by atoms with van der Waals surface area (Å²) < 4.78 is 5.36. The van der Waals surface area contributed by atoms with Gasteiger partial charge in [0.1, 0.15) is 5.82 Å². The van der Waals surface area contributed by atoms with Crippen molar-refractivity contribution in [3.8, 4) is 0 Å². The lowest BCUT2D eigenvalue weighted by atomic mass is 10.0. The highest BCUT2D eigenvalue weighted by Crippen LogP contribution is 2.23. The molecule has 0 aliphatic carbocycles. The molecule has 0 radical (unpaired) electrons. The van der Waals surface area contributed by atoms with Crippen molar-refractivity contribution >= 4 is 23.2 Å². The molecule has 1 amide bonds. The van der Waals surface area contributed by atoms with Crippen LogP contribution in [0.15, 0.2) is 18.2 Å². The number of hydrogen-bond acceptors (Lipinski definition) is 8. The Kier molecular flexibility index (Phi) is 6.37. The molecule has 9 heteroatoms. The van der Waals surface area contributed by atoms with Crippen molar-refractivity contribution in [1.82, 2.24) is 15.2 Å². The number of primary amides is 1. The molecule has 9 nitrogen and oxygen atoms in total. The predicted octanol–water partition coefficient (Wildman–Crippen LogP) is 1.50. The quantitative estimate of drug-likeness (QED) is 0.562. The van der Waals surface area contributed by atoms with E-state index in [4.69, 9.17) is 16.2 Å². The number of aromatic nitrogens is 3. The number of carbonyl (C=O) groups is 1. The number of carbonyl (C=O) groups excluding carboxylic acids is 1. The van der Waals surface area contributed by atoms with E-state index in [0.29, 0.717) is 30.5 Å². The maximum Gasteiger partial charge on any atom is 0.271 e. The first-order valence-electron chi connectivity index (χ1n) is 9.48.